The fraction of sp³-hybridized carbons (Fsp3) is 0.240. The molecule has 7 nitrogen and oxygen atoms in total. The van der Waals surface area contributed by atoms with E-state index >= 15 is 0 Å². The van der Waals surface area contributed by atoms with Crippen molar-refractivity contribution < 1.29 is 9.13 Å². The van der Waals surface area contributed by atoms with Crippen LogP contribution in [0.15, 0.2) is 64.8 Å². The molecular formula is C25H24FN5O2. The third-order valence-corrected chi connectivity index (χ3v) is 6.00. The molecule has 0 saturated carbocycles. The molecule has 1 unspecified atom stereocenters. The first-order valence-corrected chi connectivity index (χ1v) is 10.8. The van der Waals surface area contributed by atoms with Crippen molar-refractivity contribution in [1.82, 2.24) is 18.7 Å². The number of aryl methyl sites for hydroxylation is 1. The lowest BCUT2D eigenvalue weighted by atomic mass is 10.1. The Morgan fingerprint density at radius 1 is 1.18 bits per heavy atom. The summed E-state index contributed by atoms with van der Waals surface area (Å²) in [7, 11) is 1.62. The molecule has 4 aromatic rings. The van der Waals surface area contributed by atoms with E-state index in [4.69, 9.17) is 4.74 Å². The second-order valence-corrected chi connectivity index (χ2v) is 8.12. The number of rotatable bonds is 5. The van der Waals surface area contributed by atoms with Crippen molar-refractivity contribution in [1.29, 1.82) is 0 Å². The van der Waals surface area contributed by atoms with Gasteiger partial charge in [0.25, 0.3) is 5.56 Å². The number of hydrogen-bond donors (Lipinski definition) is 0. The normalized spacial score (nSPS) is 14.2. The van der Waals surface area contributed by atoms with E-state index in [-0.39, 0.29) is 17.4 Å². The van der Waals surface area contributed by atoms with Crippen molar-refractivity contribution in [2.75, 3.05) is 13.7 Å². The van der Waals surface area contributed by atoms with Crippen LogP contribution in [0.4, 0.5) is 4.39 Å². The van der Waals surface area contributed by atoms with Crippen LogP contribution in [0, 0.1) is 12.7 Å². The number of benzene rings is 2. The predicted octanol–water partition coefficient (Wildman–Crippen LogP) is 2.36. The van der Waals surface area contributed by atoms with Crippen molar-refractivity contribution in [3.8, 4) is 11.4 Å². The molecule has 0 spiro atoms. The summed E-state index contributed by atoms with van der Waals surface area (Å²) < 4.78 is 24.5. The van der Waals surface area contributed by atoms with Crippen molar-refractivity contribution in [3.05, 3.63) is 98.9 Å². The number of methoxy groups -OCH3 is 1. The van der Waals surface area contributed by atoms with Crippen LogP contribution >= 0.6 is 0 Å². The van der Waals surface area contributed by atoms with E-state index in [2.05, 4.69) is 9.98 Å². The van der Waals surface area contributed by atoms with Gasteiger partial charge < -0.3 is 13.9 Å². The third kappa shape index (κ3) is 3.67. The molecule has 5 rings (SSSR count). The van der Waals surface area contributed by atoms with E-state index in [1.165, 1.54) is 12.1 Å². The van der Waals surface area contributed by atoms with Crippen molar-refractivity contribution in [3.63, 3.8) is 0 Å². The van der Waals surface area contributed by atoms with Crippen molar-refractivity contribution >= 4 is 6.08 Å². The smallest absolute Gasteiger partial charge is 0.277 e. The summed E-state index contributed by atoms with van der Waals surface area (Å²) in [6.45, 7) is 5.12. The zero-order valence-electron chi connectivity index (χ0n) is 18.7. The molecule has 0 radical (unpaired) electrons. The van der Waals surface area contributed by atoms with Crippen LogP contribution in [-0.4, -0.2) is 32.3 Å². The Kier molecular flexibility index (Phi) is 5.20. The number of aromatic nitrogens is 4. The van der Waals surface area contributed by atoms with Gasteiger partial charge in [-0.05, 0) is 55.3 Å². The highest BCUT2D eigenvalue weighted by molar-refractivity contribution is 5.58. The molecule has 0 amide bonds. The average Bonchev–Trinajstić information content (AvgIpc) is 3.52. The van der Waals surface area contributed by atoms with E-state index < -0.39 is 0 Å². The van der Waals surface area contributed by atoms with Gasteiger partial charge in [-0.2, -0.15) is 0 Å². The fourth-order valence-corrected chi connectivity index (χ4v) is 4.29. The quantitative estimate of drug-likeness (QED) is 0.474. The Morgan fingerprint density at radius 2 is 1.97 bits per heavy atom. The molecule has 1 aliphatic rings. The molecule has 2 aromatic carbocycles. The number of ether oxygens (including phenoxy) is 1. The van der Waals surface area contributed by atoms with Gasteiger partial charge in [-0.25, -0.2) is 9.37 Å². The number of nitrogens with zero attached hydrogens (tertiary/aromatic N) is 5. The lowest BCUT2D eigenvalue weighted by Gasteiger charge is -2.12. The number of fused-ring (bicyclic) bond motifs is 1. The highest BCUT2D eigenvalue weighted by atomic mass is 19.1. The summed E-state index contributed by atoms with van der Waals surface area (Å²) in [5.74, 6) is 0.376. The van der Waals surface area contributed by atoms with Gasteiger partial charge in [0.05, 0.1) is 37.4 Å². The molecule has 8 heteroatoms. The topological polar surface area (TPSA) is 66.3 Å². The molecule has 2 aromatic heterocycles. The summed E-state index contributed by atoms with van der Waals surface area (Å²) >= 11 is 0. The first-order chi connectivity index (χ1) is 16.0. The van der Waals surface area contributed by atoms with E-state index in [0.29, 0.717) is 29.8 Å². The minimum Gasteiger partial charge on any atom is -0.495 e. The maximum Gasteiger partial charge on any atom is 0.277 e. The second-order valence-electron chi connectivity index (χ2n) is 8.12. The van der Waals surface area contributed by atoms with Gasteiger partial charge in [0.1, 0.15) is 16.9 Å². The standard InChI is InChI=1S/C25H24FN5O2/c1-16-14-29(15-28-16)21-9-4-18(13-23(21)33-3)12-22-24(32)31(25-27-10-11-30(22)25)17(2)19-5-7-20(26)8-6-19/h4-9,12-15,17H,10-11H2,1-3H3/b22-12-. The Balaban J connectivity index is 1.62. The minimum atomic E-state index is -0.303. The zero-order chi connectivity index (χ0) is 23.1. The molecular weight excluding hydrogens is 421 g/mol. The van der Waals surface area contributed by atoms with Gasteiger partial charge in [-0.15, -0.1) is 0 Å². The Labute approximate surface area is 189 Å². The maximum atomic E-state index is 13.5. The molecule has 1 atom stereocenters. The Morgan fingerprint density at radius 3 is 2.67 bits per heavy atom. The van der Waals surface area contributed by atoms with Crippen LogP contribution in [0.5, 0.6) is 5.75 Å². The van der Waals surface area contributed by atoms with Gasteiger partial charge >= 0.3 is 0 Å². The van der Waals surface area contributed by atoms with Gasteiger partial charge in [-0.3, -0.25) is 14.4 Å². The SMILES string of the molecule is COc1cc(/C=c2/c(=O)n(C(C)c3ccc(F)cc3)c3n2CCN=3)ccc1-n1cnc(C)c1. The monoisotopic (exact) mass is 445 g/mol. The van der Waals surface area contributed by atoms with Crippen LogP contribution in [-0.2, 0) is 6.54 Å². The average molecular weight is 445 g/mol. The lowest BCUT2D eigenvalue weighted by Crippen LogP contribution is -2.34. The maximum absolute atomic E-state index is 13.5. The van der Waals surface area contributed by atoms with Crippen molar-refractivity contribution in [2.45, 2.75) is 26.4 Å². The van der Waals surface area contributed by atoms with Gasteiger partial charge in [-0.1, -0.05) is 18.2 Å². The van der Waals surface area contributed by atoms with E-state index in [0.717, 1.165) is 22.5 Å². The summed E-state index contributed by atoms with van der Waals surface area (Å²) in [4.78, 5) is 22.3. The van der Waals surface area contributed by atoms with Crippen LogP contribution in [0.2, 0.25) is 0 Å². The zero-order valence-corrected chi connectivity index (χ0v) is 18.7. The summed E-state index contributed by atoms with van der Waals surface area (Å²) in [6, 6.07) is 11.8. The first kappa shape index (κ1) is 20.9. The van der Waals surface area contributed by atoms with E-state index in [1.54, 1.807) is 30.1 Å². The van der Waals surface area contributed by atoms with Crippen molar-refractivity contribution in [2.24, 2.45) is 4.99 Å². The highest BCUT2D eigenvalue weighted by Gasteiger charge is 2.20. The van der Waals surface area contributed by atoms with Gasteiger partial charge in [0.15, 0.2) is 0 Å². The Hall–Kier alpha value is -3.94. The second kappa shape index (κ2) is 8.20. The number of imidazole rings is 2. The third-order valence-electron chi connectivity index (χ3n) is 6.00. The van der Waals surface area contributed by atoms with Crippen LogP contribution in [0.3, 0.4) is 0 Å². The molecule has 0 saturated heterocycles. The predicted molar refractivity (Wildman–Crippen MR) is 123 cm³/mol. The molecule has 0 bridgehead atoms. The van der Waals surface area contributed by atoms with E-state index in [9.17, 15) is 9.18 Å². The molecule has 0 N–H and O–H groups in total. The van der Waals surface area contributed by atoms with Gasteiger partial charge in [0, 0.05) is 12.7 Å². The first-order valence-electron chi connectivity index (χ1n) is 10.8. The number of hydrogen-bond acceptors (Lipinski definition) is 4. The fourth-order valence-electron chi connectivity index (χ4n) is 4.29. The summed E-state index contributed by atoms with van der Waals surface area (Å²) in [5.41, 5.74) is 3.99. The van der Waals surface area contributed by atoms with Gasteiger partial charge in [0.2, 0.25) is 5.62 Å². The Bertz CT molecular complexity index is 1510. The van der Waals surface area contributed by atoms with Crippen LogP contribution < -0.4 is 21.3 Å². The largest absolute Gasteiger partial charge is 0.495 e. The lowest BCUT2D eigenvalue weighted by molar-refractivity contribution is 0.413. The number of halogens is 1. The van der Waals surface area contributed by atoms with Crippen LogP contribution in [0.1, 0.15) is 29.8 Å². The van der Waals surface area contributed by atoms with E-state index in [1.807, 2.05) is 53.5 Å². The summed E-state index contributed by atoms with van der Waals surface area (Å²) in [5, 5.41) is 0.563. The molecule has 33 heavy (non-hydrogen) atoms. The minimum absolute atomic E-state index is 0.126. The summed E-state index contributed by atoms with van der Waals surface area (Å²) in [6.07, 6.45) is 5.54. The molecule has 0 fully saturated rings. The highest BCUT2D eigenvalue weighted by Crippen LogP contribution is 2.25. The molecule has 1 aliphatic heterocycles. The van der Waals surface area contributed by atoms with Crippen LogP contribution in [0.25, 0.3) is 11.8 Å². The molecule has 0 aliphatic carbocycles. The molecule has 168 valence electrons. The molecule has 3 heterocycles.